The maximum atomic E-state index is 14.0. The molecule has 0 atom stereocenters. The van der Waals surface area contributed by atoms with Crippen LogP contribution < -0.4 is 4.90 Å². The number of rotatable bonds is 2. The SMILES string of the molecule is CC(C)(C)N1CCN(c2c(F)cccc2CO)CC1. The quantitative estimate of drug-likeness (QED) is 0.889. The standard InChI is InChI=1S/C15H23FN2O/c1-15(2,3)18-9-7-17(8-10-18)14-12(11-19)5-4-6-13(14)16/h4-6,19H,7-11H2,1-3H3. The topological polar surface area (TPSA) is 26.7 Å². The fourth-order valence-corrected chi connectivity index (χ4v) is 2.64. The molecule has 1 fully saturated rings. The lowest BCUT2D eigenvalue weighted by atomic mass is 10.0. The van der Waals surface area contributed by atoms with E-state index in [1.165, 1.54) is 6.07 Å². The fourth-order valence-electron chi connectivity index (χ4n) is 2.64. The second-order valence-corrected chi connectivity index (χ2v) is 6.05. The molecule has 0 bridgehead atoms. The Kier molecular flexibility index (Phi) is 4.11. The highest BCUT2D eigenvalue weighted by Gasteiger charge is 2.27. The number of piperazine rings is 1. The summed E-state index contributed by atoms with van der Waals surface area (Å²) in [6, 6.07) is 4.90. The molecule has 0 amide bonds. The molecule has 0 radical (unpaired) electrons. The zero-order valence-electron chi connectivity index (χ0n) is 12.0. The summed E-state index contributed by atoms with van der Waals surface area (Å²) in [5, 5.41) is 9.35. The molecular weight excluding hydrogens is 243 g/mol. The third-order valence-corrected chi connectivity index (χ3v) is 3.79. The third kappa shape index (κ3) is 3.07. The van der Waals surface area contributed by atoms with Crippen LogP contribution in [0.4, 0.5) is 10.1 Å². The molecule has 1 aromatic rings. The zero-order chi connectivity index (χ0) is 14.0. The first-order valence-electron chi connectivity index (χ1n) is 6.81. The summed E-state index contributed by atoms with van der Waals surface area (Å²) in [7, 11) is 0. The molecule has 0 unspecified atom stereocenters. The summed E-state index contributed by atoms with van der Waals surface area (Å²) >= 11 is 0. The van der Waals surface area contributed by atoms with Crippen molar-refractivity contribution >= 4 is 5.69 Å². The molecule has 1 aliphatic heterocycles. The maximum Gasteiger partial charge on any atom is 0.146 e. The monoisotopic (exact) mass is 266 g/mol. The minimum absolute atomic E-state index is 0.118. The van der Waals surface area contributed by atoms with Crippen LogP contribution in [0.1, 0.15) is 26.3 Å². The Balaban J connectivity index is 2.14. The molecule has 0 aromatic heterocycles. The molecule has 0 spiro atoms. The molecule has 0 saturated carbocycles. The first kappa shape index (κ1) is 14.3. The van der Waals surface area contributed by atoms with Crippen LogP contribution in [0.25, 0.3) is 0 Å². The summed E-state index contributed by atoms with van der Waals surface area (Å²) in [5.74, 6) is -0.240. The minimum atomic E-state index is -0.240. The Labute approximate surface area is 114 Å². The molecule has 1 aromatic carbocycles. The highest BCUT2D eigenvalue weighted by atomic mass is 19.1. The minimum Gasteiger partial charge on any atom is -0.392 e. The van der Waals surface area contributed by atoms with Crippen molar-refractivity contribution < 1.29 is 9.50 Å². The highest BCUT2D eigenvalue weighted by Crippen LogP contribution is 2.27. The molecule has 106 valence electrons. The number of hydrogen-bond donors (Lipinski definition) is 1. The summed E-state index contributed by atoms with van der Waals surface area (Å²) < 4.78 is 14.0. The average Bonchev–Trinajstić information content (AvgIpc) is 2.37. The largest absolute Gasteiger partial charge is 0.392 e. The van der Waals surface area contributed by atoms with Crippen LogP contribution in [0.2, 0.25) is 0 Å². The van der Waals surface area contributed by atoms with Gasteiger partial charge in [0.25, 0.3) is 0 Å². The molecule has 4 heteroatoms. The van der Waals surface area contributed by atoms with Gasteiger partial charge < -0.3 is 10.0 Å². The molecule has 1 N–H and O–H groups in total. The van der Waals surface area contributed by atoms with Gasteiger partial charge in [-0.2, -0.15) is 0 Å². The van der Waals surface area contributed by atoms with E-state index in [0.717, 1.165) is 26.2 Å². The Bertz CT molecular complexity index is 434. The Morgan fingerprint density at radius 2 is 1.79 bits per heavy atom. The normalized spacial score (nSPS) is 17.8. The van der Waals surface area contributed by atoms with E-state index in [4.69, 9.17) is 0 Å². The number of aliphatic hydroxyl groups excluding tert-OH is 1. The number of para-hydroxylation sites is 1. The molecule has 1 saturated heterocycles. The summed E-state index contributed by atoms with van der Waals surface area (Å²) in [4.78, 5) is 4.45. The second kappa shape index (κ2) is 5.47. The van der Waals surface area contributed by atoms with Gasteiger partial charge in [0.2, 0.25) is 0 Å². The zero-order valence-corrected chi connectivity index (χ0v) is 12.0. The first-order chi connectivity index (χ1) is 8.93. The summed E-state index contributed by atoms with van der Waals surface area (Å²) in [6.07, 6.45) is 0. The Morgan fingerprint density at radius 1 is 1.16 bits per heavy atom. The third-order valence-electron chi connectivity index (χ3n) is 3.79. The van der Waals surface area contributed by atoms with Crippen LogP contribution >= 0.6 is 0 Å². The predicted molar refractivity (Wildman–Crippen MR) is 75.9 cm³/mol. The lowest BCUT2D eigenvalue weighted by Gasteiger charge is -2.43. The van der Waals surface area contributed by atoms with Gasteiger partial charge in [0, 0.05) is 37.3 Å². The average molecular weight is 266 g/mol. The van der Waals surface area contributed by atoms with Gasteiger partial charge in [-0.3, -0.25) is 4.90 Å². The van der Waals surface area contributed by atoms with Crippen LogP contribution in [0.5, 0.6) is 0 Å². The molecule has 19 heavy (non-hydrogen) atoms. The van der Waals surface area contributed by atoms with Gasteiger partial charge in [-0.1, -0.05) is 12.1 Å². The van der Waals surface area contributed by atoms with E-state index in [1.54, 1.807) is 12.1 Å². The second-order valence-electron chi connectivity index (χ2n) is 6.05. The Morgan fingerprint density at radius 3 is 2.32 bits per heavy atom. The van der Waals surface area contributed by atoms with Gasteiger partial charge in [-0.15, -0.1) is 0 Å². The van der Waals surface area contributed by atoms with E-state index >= 15 is 0 Å². The van der Waals surface area contributed by atoms with Gasteiger partial charge in [0.05, 0.1) is 12.3 Å². The van der Waals surface area contributed by atoms with Crippen molar-refractivity contribution in [3.63, 3.8) is 0 Å². The molecule has 1 heterocycles. The van der Waals surface area contributed by atoms with E-state index in [-0.39, 0.29) is 18.0 Å². The van der Waals surface area contributed by atoms with Crippen molar-refractivity contribution in [2.75, 3.05) is 31.1 Å². The van der Waals surface area contributed by atoms with Crippen molar-refractivity contribution in [2.45, 2.75) is 32.9 Å². The lowest BCUT2D eigenvalue weighted by Crippen LogP contribution is -2.53. The van der Waals surface area contributed by atoms with Gasteiger partial charge in [-0.25, -0.2) is 4.39 Å². The number of anilines is 1. The number of nitrogens with zero attached hydrogens (tertiary/aromatic N) is 2. The van der Waals surface area contributed by atoms with Gasteiger partial charge in [0.15, 0.2) is 0 Å². The smallest absolute Gasteiger partial charge is 0.146 e. The Hall–Kier alpha value is -1.13. The molecule has 3 nitrogen and oxygen atoms in total. The van der Waals surface area contributed by atoms with Crippen molar-refractivity contribution in [2.24, 2.45) is 0 Å². The highest BCUT2D eigenvalue weighted by molar-refractivity contribution is 5.55. The van der Waals surface area contributed by atoms with Gasteiger partial charge in [-0.05, 0) is 26.8 Å². The number of hydrogen-bond acceptors (Lipinski definition) is 3. The van der Waals surface area contributed by atoms with Gasteiger partial charge in [0.1, 0.15) is 5.82 Å². The fraction of sp³-hybridized carbons (Fsp3) is 0.600. The van der Waals surface area contributed by atoms with Crippen molar-refractivity contribution in [1.29, 1.82) is 0 Å². The molecule has 2 rings (SSSR count). The molecule has 1 aliphatic rings. The van der Waals surface area contributed by atoms with E-state index in [2.05, 4.69) is 25.7 Å². The molecule has 0 aliphatic carbocycles. The van der Waals surface area contributed by atoms with Crippen LogP contribution in [-0.4, -0.2) is 41.7 Å². The maximum absolute atomic E-state index is 14.0. The predicted octanol–water partition coefficient (Wildman–Crippen LogP) is 2.24. The van der Waals surface area contributed by atoms with E-state index in [9.17, 15) is 9.50 Å². The van der Waals surface area contributed by atoms with E-state index in [1.807, 2.05) is 4.90 Å². The van der Waals surface area contributed by atoms with E-state index in [0.29, 0.717) is 11.3 Å². The van der Waals surface area contributed by atoms with Crippen LogP contribution in [0, 0.1) is 5.82 Å². The van der Waals surface area contributed by atoms with Crippen LogP contribution in [-0.2, 0) is 6.61 Å². The lowest BCUT2D eigenvalue weighted by molar-refractivity contribution is 0.128. The number of benzene rings is 1. The van der Waals surface area contributed by atoms with Crippen molar-refractivity contribution in [3.8, 4) is 0 Å². The first-order valence-corrected chi connectivity index (χ1v) is 6.81. The summed E-state index contributed by atoms with van der Waals surface area (Å²) in [6.45, 7) is 9.91. The number of aliphatic hydroxyl groups is 1. The molecular formula is C15H23FN2O. The summed E-state index contributed by atoms with van der Waals surface area (Å²) in [5.41, 5.74) is 1.39. The number of halogens is 1. The van der Waals surface area contributed by atoms with Crippen molar-refractivity contribution in [1.82, 2.24) is 4.90 Å². The van der Waals surface area contributed by atoms with Crippen LogP contribution in [0.3, 0.4) is 0 Å². The van der Waals surface area contributed by atoms with Gasteiger partial charge >= 0.3 is 0 Å². The van der Waals surface area contributed by atoms with Crippen LogP contribution in [0.15, 0.2) is 18.2 Å². The van der Waals surface area contributed by atoms with Crippen molar-refractivity contribution in [3.05, 3.63) is 29.6 Å². The van der Waals surface area contributed by atoms with E-state index < -0.39 is 0 Å².